The third-order valence-electron chi connectivity index (χ3n) is 7.72. The first-order valence-electron chi connectivity index (χ1n) is 12.8. The molecule has 0 aromatic heterocycles. The van der Waals surface area contributed by atoms with Crippen molar-refractivity contribution in [2.75, 3.05) is 38.2 Å². The molecule has 2 N–H and O–H groups in total. The number of fused-ring (bicyclic) bond motifs is 3. The summed E-state index contributed by atoms with van der Waals surface area (Å²) < 4.78 is 18.5. The van der Waals surface area contributed by atoms with E-state index in [1.165, 1.54) is 17.7 Å². The molecule has 0 aliphatic carbocycles. The molecule has 194 valence electrons. The Balaban J connectivity index is 1.00. The molecular weight excluding hydrogens is 473 g/mol. The average Bonchev–Trinajstić information content (AvgIpc) is 3.56. The Morgan fingerprint density at radius 2 is 1.81 bits per heavy atom. The van der Waals surface area contributed by atoms with Crippen LogP contribution in [0.3, 0.4) is 0 Å². The van der Waals surface area contributed by atoms with Gasteiger partial charge in [0.15, 0.2) is 0 Å². The first-order chi connectivity index (χ1) is 18.1. The van der Waals surface area contributed by atoms with Crippen LogP contribution in [-0.4, -0.2) is 72.0 Å². The Morgan fingerprint density at radius 1 is 1.05 bits per heavy atom. The van der Waals surface area contributed by atoms with Crippen LogP contribution in [0.15, 0.2) is 66.0 Å². The van der Waals surface area contributed by atoms with Gasteiger partial charge in [0.05, 0.1) is 19.2 Å². The Morgan fingerprint density at radius 3 is 2.54 bits per heavy atom. The number of amides is 1. The van der Waals surface area contributed by atoms with Gasteiger partial charge in [-0.05, 0) is 48.4 Å². The summed E-state index contributed by atoms with van der Waals surface area (Å²) in [6, 6.07) is 15.2. The van der Waals surface area contributed by atoms with Gasteiger partial charge in [0.25, 0.3) is 0 Å². The summed E-state index contributed by atoms with van der Waals surface area (Å²) in [7, 11) is 1.68. The number of hydrogen-bond acceptors (Lipinski definition) is 8. The first-order valence-corrected chi connectivity index (χ1v) is 12.8. The lowest BCUT2D eigenvalue weighted by Gasteiger charge is -2.37. The maximum Gasteiger partial charge on any atom is 0.223 e. The van der Waals surface area contributed by atoms with Gasteiger partial charge >= 0.3 is 0 Å². The number of carbonyl (C=O) groups is 1. The highest BCUT2D eigenvalue weighted by atomic mass is 19.1. The smallest absolute Gasteiger partial charge is 0.223 e. The van der Waals surface area contributed by atoms with E-state index in [2.05, 4.69) is 49.1 Å². The number of rotatable bonds is 6. The van der Waals surface area contributed by atoms with E-state index in [-0.39, 0.29) is 30.0 Å². The van der Waals surface area contributed by atoms with Crippen molar-refractivity contribution in [3.05, 3.63) is 72.3 Å². The van der Waals surface area contributed by atoms with E-state index in [1.54, 1.807) is 19.2 Å². The minimum atomic E-state index is -0.235. The van der Waals surface area contributed by atoms with Crippen LogP contribution in [0.4, 0.5) is 10.1 Å². The number of ether oxygens (including phenoxy) is 1. The van der Waals surface area contributed by atoms with Crippen molar-refractivity contribution in [1.29, 1.82) is 0 Å². The van der Waals surface area contributed by atoms with Crippen molar-refractivity contribution < 1.29 is 13.9 Å². The molecule has 0 bridgehead atoms. The molecule has 37 heavy (non-hydrogen) atoms. The number of amidine groups is 1. The van der Waals surface area contributed by atoms with Gasteiger partial charge < -0.3 is 24.4 Å². The fraction of sp³-hybridized carbons (Fsp3) is 0.407. The van der Waals surface area contributed by atoms with Gasteiger partial charge in [0.2, 0.25) is 5.91 Å². The van der Waals surface area contributed by atoms with Crippen LogP contribution in [0.2, 0.25) is 0 Å². The third-order valence-corrected chi connectivity index (χ3v) is 7.72. The zero-order valence-corrected chi connectivity index (χ0v) is 20.9. The van der Waals surface area contributed by atoms with Crippen LogP contribution >= 0.6 is 0 Å². The summed E-state index contributed by atoms with van der Waals surface area (Å²) in [6.07, 6.45) is 6.08. The van der Waals surface area contributed by atoms with Crippen LogP contribution in [0.1, 0.15) is 30.9 Å². The second-order valence-corrected chi connectivity index (χ2v) is 9.82. The quantitative estimate of drug-likeness (QED) is 0.625. The molecule has 1 amide bonds. The maximum atomic E-state index is 13.2. The zero-order chi connectivity index (χ0) is 25.4. The molecular formula is C27H32FN7O2. The number of halogens is 1. The van der Waals surface area contributed by atoms with E-state index >= 15 is 0 Å². The van der Waals surface area contributed by atoms with Crippen molar-refractivity contribution in [3.63, 3.8) is 0 Å². The fourth-order valence-corrected chi connectivity index (χ4v) is 5.61. The molecule has 4 heterocycles. The molecule has 2 aromatic carbocycles. The molecule has 3 unspecified atom stereocenters. The molecule has 2 aromatic rings. The van der Waals surface area contributed by atoms with Crippen molar-refractivity contribution >= 4 is 17.4 Å². The van der Waals surface area contributed by atoms with E-state index in [4.69, 9.17) is 4.74 Å². The number of hydrogen-bond donors (Lipinski definition) is 2. The minimum absolute atomic E-state index is 0.0325. The standard InChI is InChI=1S/C27H32FN7O2/c1-37-22-8-2-19(3-9-22)23-18-24-27-30-29-25(34(27)16-17-35(24)31-23)10-11-26(36)33-14-12-32(13-15-33)21-6-4-20(28)5-7-21/h2-9,16-17,23-24,27,30-31H,10-15,18H2,1H3. The summed E-state index contributed by atoms with van der Waals surface area (Å²) in [5, 5.41) is 6.76. The second-order valence-electron chi connectivity index (χ2n) is 9.82. The van der Waals surface area contributed by atoms with E-state index in [9.17, 15) is 9.18 Å². The Kier molecular flexibility index (Phi) is 6.33. The normalized spacial score (nSPS) is 24.5. The number of carbonyl (C=O) groups excluding carboxylic acids is 1. The second kappa shape index (κ2) is 9.93. The molecule has 0 spiro atoms. The van der Waals surface area contributed by atoms with Crippen LogP contribution in [0.5, 0.6) is 5.75 Å². The summed E-state index contributed by atoms with van der Waals surface area (Å²) in [4.78, 5) is 19.2. The van der Waals surface area contributed by atoms with Crippen LogP contribution in [-0.2, 0) is 4.79 Å². The van der Waals surface area contributed by atoms with Crippen molar-refractivity contribution in [3.8, 4) is 5.75 Å². The lowest BCUT2D eigenvalue weighted by molar-refractivity contribution is -0.131. The molecule has 6 rings (SSSR count). The van der Waals surface area contributed by atoms with Crippen LogP contribution in [0, 0.1) is 5.82 Å². The highest BCUT2D eigenvalue weighted by Crippen LogP contribution is 2.34. The van der Waals surface area contributed by atoms with E-state index < -0.39 is 0 Å². The first kappa shape index (κ1) is 23.6. The monoisotopic (exact) mass is 505 g/mol. The average molecular weight is 506 g/mol. The van der Waals surface area contributed by atoms with Crippen molar-refractivity contribution in [2.45, 2.75) is 37.5 Å². The summed E-state index contributed by atoms with van der Waals surface area (Å²) in [5.41, 5.74) is 9.11. The number of nitrogens with one attached hydrogen (secondary N) is 2. The molecule has 0 saturated carbocycles. The number of piperazine rings is 1. The minimum Gasteiger partial charge on any atom is -0.497 e. The Hall–Kier alpha value is -3.79. The predicted molar refractivity (Wildman–Crippen MR) is 139 cm³/mol. The largest absolute Gasteiger partial charge is 0.497 e. The van der Waals surface area contributed by atoms with E-state index in [1.807, 2.05) is 23.2 Å². The predicted octanol–water partition coefficient (Wildman–Crippen LogP) is 2.61. The highest BCUT2D eigenvalue weighted by molar-refractivity contribution is 5.89. The maximum absolute atomic E-state index is 13.2. The third kappa shape index (κ3) is 4.69. The summed E-state index contributed by atoms with van der Waals surface area (Å²) in [5.74, 6) is 1.66. The van der Waals surface area contributed by atoms with Gasteiger partial charge in [-0.3, -0.25) is 10.2 Å². The number of hydrazine groups is 1. The van der Waals surface area contributed by atoms with Crippen LogP contribution in [0.25, 0.3) is 0 Å². The Labute approximate surface area is 216 Å². The lowest BCUT2D eigenvalue weighted by atomic mass is 9.99. The van der Waals surface area contributed by atoms with Gasteiger partial charge in [-0.15, -0.1) is 0 Å². The van der Waals surface area contributed by atoms with Gasteiger partial charge in [0.1, 0.15) is 23.6 Å². The molecule has 4 aliphatic heterocycles. The number of benzene rings is 2. The number of hydrazone groups is 1. The van der Waals surface area contributed by atoms with Gasteiger partial charge in [-0.2, -0.15) is 5.10 Å². The topological polar surface area (TPSA) is 75.7 Å². The van der Waals surface area contributed by atoms with Crippen molar-refractivity contribution in [1.82, 2.24) is 25.7 Å². The lowest BCUT2D eigenvalue weighted by Crippen LogP contribution is -2.54. The van der Waals surface area contributed by atoms with Gasteiger partial charge in [-0.1, -0.05) is 12.1 Å². The molecule has 10 heteroatoms. The number of anilines is 1. The Bertz CT molecular complexity index is 1180. The van der Waals surface area contributed by atoms with Gasteiger partial charge in [-0.25, -0.2) is 9.82 Å². The zero-order valence-electron chi connectivity index (χ0n) is 20.9. The number of methoxy groups -OCH3 is 1. The van der Waals surface area contributed by atoms with E-state index in [0.29, 0.717) is 25.9 Å². The molecule has 0 radical (unpaired) electrons. The SMILES string of the molecule is COc1ccc(C2CC3C4NN=C(CCC(=O)N5CCN(c6ccc(F)cc6)CC5)N4C=CN3N2)cc1. The molecule has 9 nitrogen and oxygen atoms in total. The van der Waals surface area contributed by atoms with Crippen LogP contribution < -0.4 is 20.5 Å². The molecule has 2 saturated heterocycles. The highest BCUT2D eigenvalue weighted by Gasteiger charge is 2.44. The molecule has 3 atom stereocenters. The van der Waals surface area contributed by atoms with E-state index in [0.717, 1.165) is 36.8 Å². The summed E-state index contributed by atoms with van der Waals surface area (Å²) >= 11 is 0. The number of nitrogens with zero attached hydrogens (tertiary/aromatic N) is 5. The molecule has 2 fully saturated rings. The fourth-order valence-electron chi connectivity index (χ4n) is 5.61. The van der Waals surface area contributed by atoms with Gasteiger partial charge in [0, 0.05) is 57.1 Å². The summed E-state index contributed by atoms with van der Waals surface area (Å²) in [6.45, 7) is 2.83. The van der Waals surface area contributed by atoms with Crippen molar-refractivity contribution in [2.24, 2.45) is 5.10 Å². The molecule has 4 aliphatic rings.